The molecule has 26 heavy (non-hydrogen) atoms. The van der Waals surface area contributed by atoms with Crippen molar-refractivity contribution < 1.29 is 23.8 Å². The van der Waals surface area contributed by atoms with Crippen LogP contribution in [-0.4, -0.2) is 33.3 Å². The van der Waals surface area contributed by atoms with E-state index >= 15 is 0 Å². The van der Waals surface area contributed by atoms with Gasteiger partial charge in [-0.05, 0) is 22.3 Å². The lowest BCUT2D eigenvalue weighted by atomic mass is 9.46. The van der Waals surface area contributed by atoms with Crippen LogP contribution in [0.2, 0.25) is 0 Å². The number of fused-ring (bicyclic) bond motifs is 6. The highest BCUT2D eigenvalue weighted by Crippen LogP contribution is 2.67. The molecule has 0 aliphatic heterocycles. The van der Waals surface area contributed by atoms with E-state index in [1.54, 1.807) is 7.11 Å². The van der Waals surface area contributed by atoms with Crippen LogP contribution in [0.3, 0.4) is 0 Å². The van der Waals surface area contributed by atoms with Crippen molar-refractivity contribution in [2.24, 2.45) is 11.8 Å². The van der Waals surface area contributed by atoms with Crippen LogP contribution in [-0.2, 0) is 29.4 Å². The summed E-state index contributed by atoms with van der Waals surface area (Å²) < 4.78 is 16.1. The lowest BCUT2D eigenvalue weighted by Crippen LogP contribution is -2.66. The van der Waals surface area contributed by atoms with Crippen LogP contribution in [0.5, 0.6) is 0 Å². The Hall–Kier alpha value is -2.66. The van der Waals surface area contributed by atoms with E-state index in [0.29, 0.717) is 0 Å². The van der Waals surface area contributed by atoms with Crippen LogP contribution >= 0.6 is 0 Å². The van der Waals surface area contributed by atoms with Gasteiger partial charge in [-0.3, -0.25) is 9.59 Å². The van der Waals surface area contributed by atoms with Crippen molar-refractivity contribution in [1.29, 1.82) is 0 Å². The Morgan fingerprint density at radius 3 is 2.12 bits per heavy atom. The van der Waals surface area contributed by atoms with Gasteiger partial charge in [-0.2, -0.15) is 0 Å². The summed E-state index contributed by atoms with van der Waals surface area (Å²) in [6.07, 6.45) is 0. The molecule has 0 saturated heterocycles. The number of esters is 2. The van der Waals surface area contributed by atoms with Crippen molar-refractivity contribution in [3.05, 3.63) is 59.7 Å². The molecule has 0 heterocycles. The first-order valence-electron chi connectivity index (χ1n) is 8.51. The van der Waals surface area contributed by atoms with Crippen molar-refractivity contribution in [3.8, 4) is 11.1 Å². The first-order chi connectivity index (χ1) is 12.6. The topological polar surface area (TPSA) is 61.8 Å². The zero-order valence-corrected chi connectivity index (χ0v) is 14.9. The number of carbonyl (C=O) groups excluding carboxylic acids is 2. The summed E-state index contributed by atoms with van der Waals surface area (Å²) in [7, 11) is 4.25. The minimum Gasteiger partial charge on any atom is -0.469 e. The predicted octanol–water partition coefficient (Wildman–Crippen LogP) is 2.88. The van der Waals surface area contributed by atoms with E-state index in [0.717, 1.165) is 22.3 Å². The zero-order valence-electron chi connectivity index (χ0n) is 14.9. The first-order valence-corrected chi connectivity index (χ1v) is 8.51. The maximum absolute atomic E-state index is 12.7. The summed E-state index contributed by atoms with van der Waals surface area (Å²) in [6.45, 7) is 0. The summed E-state index contributed by atoms with van der Waals surface area (Å²) >= 11 is 0. The molecule has 1 saturated carbocycles. The Morgan fingerprint density at radius 1 is 0.846 bits per heavy atom. The molecule has 4 rings (SSSR count). The standard InChI is InChI=1S/C21H20O5/c1-24-19(22)16-17-14-10-5-4-8-12(14)13-9-6-7-11-15(13)21(17,26-3)18(16)20(23)25-2/h4-11,16-18H,1-3H3/t16-,17-,18+,21-/m1/s1. The summed E-state index contributed by atoms with van der Waals surface area (Å²) in [5.41, 5.74) is 3.01. The summed E-state index contributed by atoms with van der Waals surface area (Å²) in [4.78, 5) is 25.2. The van der Waals surface area contributed by atoms with Gasteiger partial charge in [-0.15, -0.1) is 0 Å². The molecule has 0 radical (unpaired) electrons. The fourth-order valence-electron chi connectivity index (χ4n) is 4.85. The van der Waals surface area contributed by atoms with Gasteiger partial charge in [0.2, 0.25) is 0 Å². The summed E-state index contributed by atoms with van der Waals surface area (Å²) in [5, 5.41) is 0. The van der Waals surface area contributed by atoms with E-state index in [2.05, 4.69) is 0 Å². The molecule has 0 amide bonds. The van der Waals surface area contributed by atoms with Crippen LogP contribution in [0.1, 0.15) is 17.0 Å². The van der Waals surface area contributed by atoms with E-state index in [1.165, 1.54) is 14.2 Å². The number of hydrogen-bond donors (Lipinski definition) is 0. The third kappa shape index (κ3) is 1.89. The molecule has 1 fully saturated rings. The minimum atomic E-state index is -0.948. The molecule has 0 unspecified atom stereocenters. The molecule has 0 aromatic heterocycles. The summed E-state index contributed by atoms with van der Waals surface area (Å²) in [6, 6.07) is 15.8. The highest BCUT2D eigenvalue weighted by Gasteiger charge is 2.72. The Bertz CT molecular complexity index is 889. The SMILES string of the molecule is COC(=O)[C@H]1[C@@H](C(=O)OC)[C@@]2(OC)c3ccccc3-c3ccccc3[C@H]12. The molecular formula is C21H20O5. The smallest absolute Gasteiger partial charge is 0.312 e. The Balaban J connectivity index is 2.02. The average Bonchev–Trinajstić information content (AvgIpc) is 2.68. The van der Waals surface area contributed by atoms with Crippen LogP contribution in [0.15, 0.2) is 48.5 Å². The fourth-order valence-corrected chi connectivity index (χ4v) is 4.85. The van der Waals surface area contributed by atoms with Gasteiger partial charge >= 0.3 is 11.9 Å². The quantitative estimate of drug-likeness (QED) is 0.795. The van der Waals surface area contributed by atoms with Gasteiger partial charge in [0.25, 0.3) is 0 Å². The molecule has 2 aromatic carbocycles. The first kappa shape index (κ1) is 16.8. The Labute approximate surface area is 151 Å². The molecule has 0 N–H and O–H groups in total. The maximum Gasteiger partial charge on any atom is 0.312 e. The second kappa shape index (κ2) is 5.95. The highest BCUT2D eigenvalue weighted by molar-refractivity contribution is 5.91. The van der Waals surface area contributed by atoms with Gasteiger partial charge in [-0.25, -0.2) is 0 Å². The second-order valence-corrected chi connectivity index (χ2v) is 6.66. The van der Waals surface area contributed by atoms with E-state index in [1.807, 2.05) is 48.5 Å². The third-order valence-corrected chi connectivity index (χ3v) is 5.84. The van der Waals surface area contributed by atoms with Crippen molar-refractivity contribution in [1.82, 2.24) is 0 Å². The van der Waals surface area contributed by atoms with Gasteiger partial charge in [0.05, 0.1) is 20.1 Å². The van der Waals surface area contributed by atoms with E-state index in [-0.39, 0.29) is 5.92 Å². The fraction of sp³-hybridized carbons (Fsp3) is 0.333. The number of ether oxygens (including phenoxy) is 3. The Morgan fingerprint density at radius 2 is 1.46 bits per heavy atom. The largest absolute Gasteiger partial charge is 0.469 e. The number of carbonyl (C=O) groups is 2. The molecular weight excluding hydrogens is 332 g/mol. The monoisotopic (exact) mass is 352 g/mol. The van der Waals surface area contributed by atoms with Gasteiger partial charge in [0.1, 0.15) is 11.5 Å². The molecule has 5 heteroatoms. The molecule has 2 aromatic rings. The third-order valence-electron chi connectivity index (χ3n) is 5.84. The number of hydrogen-bond acceptors (Lipinski definition) is 5. The van der Waals surface area contributed by atoms with E-state index in [4.69, 9.17) is 14.2 Å². The van der Waals surface area contributed by atoms with E-state index in [9.17, 15) is 9.59 Å². The zero-order chi connectivity index (χ0) is 18.5. The van der Waals surface area contributed by atoms with Crippen molar-refractivity contribution >= 4 is 11.9 Å². The van der Waals surface area contributed by atoms with Crippen LogP contribution in [0.4, 0.5) is 0 Å². The molecule has 0 spiro atoms. The van der Waals surface area contributed by atoms with Crippen LogP contribution in [0.25, 0.3) is 11.1 Å². The van der Waals surface area contributed by atoms with Gasteiger partial charge in [0.15, 0.2) is 0 Å². The summed E-state index contributed by atoms with van der Waals surface area (Å²) in [5.74, 6) is -2.61. The molecule has 5 nitrogen and oxygen atoms in total. The number of benzene rings is 2. The molecule has 2 aliphatic rings. The molecule has 134 valence electrons. The lowest BCUT2D eigenvalue weighted by Gasteiger charge is -2.60. The van der Waals surface area contributed by atoms with Gasteiger partial charge in [-0.1, -0.05) is 48.5 Å². The average molecular weight is 352 g/mol. The molecule has 0 bridgehead atoms. The minimum absolute atomic E-state index is 0.310. The number of rotatable bonds is 3. The second-order valence-electron chi connectivity index (χ2n) is 6.66. The van der Waals surface area contributed by atoms with Crippen LogP contribution in [0, 0.1) is 11.8 Å². The molecule has 4 atom stereocenters. The van der Waals surface area contributed by atoms with Crippen molar-refractivity contribution in [2.45, 2.75) is 11.5 Å². The van der Waals surface area contributed by atoms with Crippen molar-refractivity contribution in [3.63, 3.8) is 0 Å². The highest BCUT2D eigenvalue weighted by atomic mass is 16.5. The number of methoxy groups -OCH3 is 3. The van der Waals surface area contributed by atoms with Crippen LogP contribution < -0.4 is 0 Å². The van der Waals surface area contributed by atoms with Gasteiger partial charge in [0, 0.05) is 13.0 Å². The normalized spacial score (nSPS) is 28.0. The predicted molar refractivity (Wildman–Crippen MR) is 94.3 cm³/mol. The van der Waals surface area contributed by atoms with E-state index < -0.39 is 29.4 Å². The lowest BCUT2D eigenvalue weighted by molar-refractivity contribution is -0.220. The maximum atomic E-state index is 12.7. The van der Waals surface area contributed by atoms with Crippen molar-refractivity contribution in [2.75, 3.05) is 21.3 Å². The van der Waals surface area contributed by atoms with Gasteiger partial charge < -0.3 is 14.2 Å². The molecule has 2 aliphatic carbocycles. The Kier molecular flexibility index (Phi) is 3.84.